The standard InChI is InChI=1S/C16H19ClFN3O2/c1-4-23-16(22)11(8-19)9-20-10-14(21(2)3)15-12(17)6-5-7-13(15)18/h5-7,9,11,14H,4,10H2,1-3H3/t11-,14-/m0/s1. The van der Waals surface area contributed by atoms with Crippen molar-refractivity contribution in [3.8, 4) is 6.07 Å². The minimum Gasteiger partial charge on any atom is -0.465 e. The van der Waals surface area contributed by atoms with E-state index in [9.17, 15) is 9.18 Å². The molecule has 0 unspecified atom stereocenters. The van der Waals surface area contributed by atoms with Crippen LogP contribution in [0.3, 0.4) is 0 Å². The summed E-state index contributed by atoms with van der Waals surface area (Å²) in [5.41, 5.74) is 0.334. The number of ether oxygens (including phenoxy) is 1. The van der Waals surface area contributed by atoms with E-state index >= 15 is 0 Å². The topological polar surface area (TPSA) is 65.7 Å². The molecule has 0 radical (unpaired) electrons. The van der Waals surface area contributed by atoms with E-state index in [1.54, 1.807) is 32.0 Å². The van der Waals surface area contributed by atoms with Crippen LogP contribution in [0.5, 0.6) is 0 Å². The summed E-state index contributed by atoms with van der Waals surface area (Å²) in [5.74, 6) is -2.15. The van der Waals surface area contributed by atoms with Gasteiger partial charge in [-0.3, -0.25) is 9.79 Å². The Morgan fingerprint density at radius 3 is 2.78 bits per heavy atom. The highest BCUT2D eigenvalue weighted by Gasteiger charge is 2.21. The molecule has 5 nitrogen and oxygen atoms in total. The fraction of sp³-hybridized carbons (Fsp3) is 0.438. The van der Waals surface area contributed by atoms with Gasteiger partial charge in [0.2, 0.25) is 0 Å². The second kappa shape index (κ2) is 9.23. The fourth-order valence-corrected chi connectivity index (χ4v) is 2.28. The van der Waals surface area contributed by atoms with Crippen molar-refractivity contribution in [2.24, 2.45) is 10.9 Å². The molecule has 124 valence electrons. The van der Waals surface area contributed by atoms with Crippen LogP contribution in [0.15, 0.2) is 23.2 Å². The predicted octanol–water partition coefficient (Wildman–Crippen LogP) is 2.86. The lowest BCUT2D eigenvalue weighted by Gasteiger charge is -2.24. The van der Waals surface area contributed by atoms with Gasteiger partial charge in [0.25, 0.3) is 0 Å². The average Bonchev–Trinajstić information content (AvgIpc) is 2.49. The zero-order valence-corrected chi connectivity index (χ0v) is 14.0. The normalized spacial score (nSPS) is 13.8. The van der Waals surface area contributed by atoms with Gasteiger partial charge in [0.05, 0.1) is 25.3 Å². The third-order valence-electron chi connectivity index (χ3n) is 3.17. The van der Waals surface area contributed by atoms with E-state index in [1.807, 2.05) is 6.07 Å². The van der Waals surface area contributed by atoms with Crippen LogP contribution in [-0.4, -0.2) is 44.3 Å². The van der Waals surface area contributed by atoms with Crippen LogP contribution in [0.25, 0.3) is 0 Å². The van der Waals surface area contributed by atoms with Crippen LogP contribution in [0.1, 0.15) is 18.5 Å². The van der Waals surface area contributed by atoms with Crippen LogP contribution >= 0.6 is 11.6 Å². The van der Waals surface area contributed by atoms with E-state index in [4.69, 9.17) is 21.6 Å². The SMILES string of the molecule is CCOC(=O)[C@@H](C#N)C=NC[C@@H](c1c(F)cccc1Cl)N(C)C. The number of rotatable bonds is 7. The molecule has 0 aromatic heterocycles. The smallest absolute Gasteiger partial charge is 0.328 e. The summed E-state index contributed by atoms with van der Waals surface area (Å²) in [6.45, 7) is 2.01. The Bertz CT molecular complexity index is 594. The number of hydrogen-bond donors (Lipinski definition) is 0. The van der Waals surface area contributed by atoms with Crippen molar-refractivity contribution in [2.75, 3.05) is 27.2 Å². The number of esters is 1. The maximum absolute atomic E-state index is 14.1. The number of halogens is 2. The zero-order chi connectivity index (χ0) is 17.4. The number of likely N-dealkylation sites (N-methyl/N-ethyl adjacent to an activating group) is 1. The van der Waals surface area contributed by atoms with Crippen molar-refractivity contribution >= 4 is 23.8 Å². The number of hydrogen-bond acceptors (Lipinski definition) is 5. The fourth-order valence-electron chi connectivity index (χ4n) is 1.99. The molecule has 1 rings (SSSR count). The third kappa shape index (κ3) is 5.31. The summed E-state index contributed by atoms with van der Waals surface area (Å²) in [7, 11) is 3.55. The lowest BCUT2D eigenvalue weighted by molar-refractivity contribution is -0.143. The Morgan fingerprint density at radius 2 is 2.26 bits per heavy atom. The van der Waals surface area contributed by atoms with Gasteiger partial charge in [-0.2, -0.15) is 5.26 Å². The molecule has 0 aliphatic heterocycles. The van der Waals surface area contributed by atoms with Crippen molar-refractivity contribution < 1.29 is 13.9 Å². The first-order chi connectivity index (χ1) is 10.9. The molecule has 0 spiro atoms. The maximum Gasteiger partial charge on any atom is 0.328 e. The molecule has 0 N–H and O–H groups in total. The van der Waals surface area contributed by atoms with E-state index in [1.165, 1.54) is 18.3 Å². The van der Waals surface area contributed by atoms with Crippen LogP contribution in [0, 0.1) is 23.1 Å². The minimum absolute atomic E-state index is 0.158. The zero-order valence-electron chi connectivity index (χ0n) is 13.3. The van der Waals surface area contributed by atoms with Crippen LogP contribution in [0.4, 0.5) is 4.39 Å². The van der Waals surface area contributed by atoms with Gasteiger partial charge in [-0.15, -0.1) is 0 Å². The van der Waals surface area contributed by atoms with E-state index in [0.717, 1.165) is 0 Å². The second-order valence-corrected chi connectivity index (χ2v) is 5.39. The van der Waals surface area contributed by atoms with Gasteiger partial charge in [-0.25, -0.2) is 4.39 Å². The van der Waals surface area contributed by atoms with Gasteiger partial charge in [0.15, 0.2) is 5.92 Å². The lowest BCUT2D eigenvalue weighted by atomic mass is 10.1. The first kappa shape index (κ1) is 19.1. The van der Waals surface area contributed by atoms with Gasteiger partial charge in [-0.1, -0.05) is 17.7 Å². The Kier molecular flexibility index (Phi) is 7.66. The van der Waals surface area contributed by atoms with Gasteiger partial charge in [0, 0.05) is 16.8 Å². The highest BCUT2D eigenvalue weighted by Crippen LogP contribution is 2.29. The second-order valence-electron chi connectivity index (χ2n) is 4.99. The molecule has 0 saturated carbocycles. The van der Waals surface area contributed by atoms with Crippen molar-refractivity contribution in [3.05, 3.63) is 34.6 Å². The van der Waals surface area contributed by atoms with Crippen molar-refractivity contribution in [1.29, 1.82) is 5.26 Å². The van der Waals surface area contributed by atoms with Gasteiger partial charge < -0.3 is 9.64 Å². The van der Waals surface area contributed by atoms with Crippen LogP contribution < -0.4 is 0 Å². The molecular formula is C16H19ClFN3O2. The van der Waals surface area contributed by atoms with Gasteiger partial charge in [0.1, 0.15) is 5.82 Å². The molecule has 0 saturated heterocycles. The Balaban J connectivity index is 2.92. The molecule has 2 atom stereocenters. The Hall–Kier alpha value is -1.97. The molecule has 0 aliphatic carbocycles. The van der Waals surface area contributed by atoms with Gasteiger partial charge in [-0.05, 0) is 33.2 Å². The molecule has 0 amide bonds. The highest BCUT2D eigenvalue weighted by atomic mass is 35.5. The largest absolute Gasteiger partial charge is 0.465 e. The number of nitriles is 1. The highest BCUT2D eigenvalue weighted by molar-refractivity contribution is 6.31. The summed E-state index contributed by atoms with van der Waals surface area (Å²) in [6, 6.07) is 5.87. The Labute approximate surface area is 140 Å². The predicted molar refractivity (Wildman–Crippen MR) is 86.9 cm³/mol. The molecule has 1 aromatic carbocycles. The van der Waals surface area contributed by atoms with E-state index in [2.05, 4.69) is 4.99 Å². The first-order valence-electron chi connectivity index (χ1n) is 7.08. The lowest BCUT2D eigenvalue weighted by Crippen LogP contribution is -2.24. The number of benzene rings is 1. The summed E-state index contributed by atoms with van der Waals surface area (Å²) in [4.78, 5) is 17.4. The van der Waals surface area contributed by atoms with Crippen molar-refractivity contribution in [3.63, 3.8) is 0 Å². The van der Waals surface area contributed by atoms with Crippen molar-refractivity contribution in [2.45, 2.75) is 13.0 Å². The molecule has 1 aromatic rings. The Morgan fingerprint density at radius 1 is 1.57 bits per heavy atom. The summed E-state index contributed by atoms with van der Waals surface area (Å²) in [5, 5.41) is 9.28. The van der Waals surface area contributed by atoms with Crippen LogP contribution in [0.2, 0.25) is 5.02 Å². The van der Waals surface area contributed by atoms with Crippen molar-refractivity contribution in [1.82, 2.24) is 4.90 Å². The number of carbonyl (C=O) groups excluding carboxylic acids is 1. The number of aliphatic imine (C=N–C) groups is 1. The molecule has 7 heteroatoms. The monoisotopic (exact) mass is 339 g/mol. The number of nitrogens with zero attached hydrogens (tertiary/aromatic N) is 3. The first-order valence-corrected chi connectivity index (χ1v) is 7.46. The van der Waals surface area contributed by atoms with E-state index in [-0.39, 0.29) is 13.2 Å². The maximum atomic E-state index is 14.1. The molecule has 23 heavy (non-hydrogen) atoms. The summed E-state index contributed by atoms with van der Waals surface area (Å²) in [6.07, 6.45) is 1.23. The van der Waals surface area contributed by atoms with E-state index < -0.39 is 23.7 Å². The quantitative estimate of drug-likeness (QED) is 0.566. The molecule has 0 aliphatic rings. The molecular weight excluding hydrogens is 321 g/mol. The summed E-state index contributed by atoms with van der Waals surface area (Å²) >= 11 is 6.08. The third-order valence-corrected chi connectivity index (χ3v) is 3.50. The molecule has 0 bridgehead atoms. The molecule has 0 heterocycles. The summed E-state index contributed by atoms with van der Waals surface area (Å²) < 4.78 is 18.8. The average molecular weight is 340 g/mol. The minimum atomic E-state index is -1.08. The van der Waals surface area contributed by atoms with Crippen LogP contribution in [-0.2, 0) is 9.53 Å². The number of carbonyl (C=O) groups is 1. The van der Waals surface area contributed by atoms with E-state index in [0.29, 0.717) is 10.6 Å². The molecule has 0 fully saturated rings. The van der Waals surface area contributed by atoms with Gasteiger partial charge >= 0.3 is 5.97 Å².